The third-order valence-corrected chi connectivity index (χ3v) is 5.76. The van der Waals surface area contributed by atoms with Crippen molar-refractivity contribution in [2.24, 2.45) is 11.3 Å². The van der Waals surface area contributed by atoms with E-state index in [-0.39, 0.29) is 17.4 Å². The Morgan fingerprint density at radius 3 is 3.00 bits per heavy atom. The zero-order chi connectivity index (χ0) is 19.6. The van der Waals surface area contributed by atoms with Crippen molar-refractivity contribution in [3.8, 4) is 0 Å². The normalized spacial score (nSPS) is 21.1. The van der Waals surface area contributed by atoms with E-state index in [4.69, 9.17) is 4.52 Å². The van der Waals surface area contributed by atoms with Crippen LogP contribution in [-0.2, 0) is 13.0 Å². The fourth-order valence-electron chi connectivity index (χ4n) is 3.92. The number of aromatic nitrogens is 4. The van der Waals surface area contributed by atoms with E-state index in [0.717, 1.165) is 51.0 Å². The molecule has 8 heteroatoms. The first-order valence-electron chi connectivity index (χ1n) is 10.4. The van der Waals surface area contributed by atoms with Crippen LogP contribution in [-0.4, -0.2) is 50.5 Å². The maximum Gasteiger partial charge on any atom is 0.317 e. The Balaban J connectivity index is 1.29. The van der Waals surface area contributed by atoms with Crippen LogP contribution in [0.4, 0.5) is 4.79 Å². The lowest BCUT2D eigenvalue weighted by Gasteiger charge is -2.31. The fraction of sp³-hybridized carbons (Fsp3) is 0.700. The fourth-order valence-corrected chi connectivity index (χ4v) is 3.92. The average molecular weight is 387 g/mol. The molecule has 2 fully saturated rings. The molecule has 1 atom stereocenters. The first-order chi connectivity index (χ1) is 13.5. The molecule has 0 unspecified atom stereocenters. The highest BCUT2D eigenvalue weighted by Crippen LogP contribution is 2.46. The summed E-state index contributed by atoms with van der Waals surface area (Å²) in [5.41, 5.74) is 0.162. The number of carbonyl (C=O) groups is 1. The van der Waals surface area contributed by atoms with Crippen LogP contribution in [0.3, 0.4) is 0 Å². The third-order valence-electron chi connectivity index (χ3n) is 5.76. The number of carbonyl (C=O) groups excluding carboxylic acids is 1. The molecule has 0 spiro atoms. The van der Waals surface area contributed by atoms with E-state index in [1.807, 2.05) is 21.8 Å². The molecule has 8 nitrogen and oxygen atoms in total. The van der Waals surface area contributed by atoms with Gasteiger partial charge in [-0.15, -0.1) is 0 Å². The highest BCUT2D eigenvalue weighted by Gasteiger charge is 2.43. The van der Waals surface area contributed by atoms with Crippen molar-refractivity contribution >= 4 is 6.03 Å². The number of hydrogen-bond donors (Lipinski definition) is 1. The zero-order valence-electron chi connectivity index (χ0n) is 16.8. The van der Waals surface area contributed by atoms with E-state index < -0.39 is 0 Å². The first-order valence-corrected chi connectivity index (χ1v) is 10.4. The summed E-state index contributed by atoms with van der Waals surface area (Å²) in [5, 5.41) is 11.5. The van der Waals surface area contributed by atoms with Crippen LogP contribution in [0.5, 0.6) is 0 Å². The average Bonchev–Trinajstić information content (AvgIpc) is 3.06. The van der Waals surface area contributed by atoms with Gasteiger partial charge in [0.2, 0.25) is 5.89 Å². The molecule has 2 aromatic heterocycles. The van der Waals surface area contributed by atoms with Crippen LogP contribution in [0.1, 0.15) is 57.2 Å². The van der Waals surface area contributed by atoms with E-state index in [1.165, 1.54) is 0 Å². The predicted octanol–water partition coefficient (Wildman–Crippen LogP) is 2.83. The lowest BCUT2D eigenvalue weighted by molar-refractivity contribution is 0.169. The summed E-state index contributed by atoms with van der Waals surface area (Å²) < 4.78 is 7.45. The summed E-state index contributed by atoms with van der Waals surface area (Å²) >= 11 is 0. The molecule has 152 valence electrons. The van der Waals surface area contributed by atoms with E-state index in [2.05, 4.69) is 34.4 Å². The van der Waals surface area contributed by atoms with Gasteiger partial charge in [-0.1, -0.05) is 19.0 Å². The molecule has 1 aliphatic carbocycles. The van der Waals surface area contributed by atoms with Crippen LogP contribution in [0.2, 0.25) is 0 Å². The minimum absolute atomic E-state index is 0.0124. The van der Waals surface area contributed by atoms with Gasteiger partial charge in [-0.3, -0.25) is 4.68 Å². The summed E-state index contributed by atoms with van der Waals surface area (Å²) in [6, 6.07) is 1.95. The van der Waals surface area contributed by atoms with Crippen molar-refractivity contribution < 1.29 is 9.32 Å². The lowest BCUT2D eigenvalue weighted by atomic mass is 9.98. The van der Waals surface area contributed by atoms with Gasteiger partial charge in [0.15, 0.2) is 5.82 Å². The van der Waals surface area contributed by atoms with Crippen LogP contribution in [0, 0.1) is 11.3 Å². The van der Waals surface area contributed by atoms with E-state index >= 15 is 0 Å². The Morgan fingerprint density at radius 1 is 1.43 bits per heavy atom. The van der Waals surface area contributed by atoms with Crippen molar-refractivity contribution in [3.05, 3.63) is 30.2 Å². The second-order valence-electron chi connectivity index (χ2n) is 8.79. The molecular formula is C20H30N6O2. The van der Waals surface area contributed by atoms with Crippen molar-refractivity contribution in [3.63, 3.8) is 0 Å². The number of amides is 2. The standard InChI is InChI=1S/C20H30N6O2/c1-15(2)11-17-23-18(28-24-17)16-5-3-9-25(12-16)19(27)21-13-20(6-7-20)14-26-10-4-8-22-26/h4,8,10,15-16H,3,5-7,9,11-14H2,1-2H3,(H,21,27)/t16-/m1/s1. The van der Waals surface area contributed by atoms with Crippen LogP contribution >= 0.6 is 0 Å². The number of nitrogens with zero attached hydrogens (tertiary/aromatic N) is 5. The van der Waals surface area contributed by atoms with Gasteiger partial charge in [-0.25, -0.2) is 4.79 Å². The van der Waals surface area contributed by atoms with Crippen molar-refractivity contribution in [1.29, 1.82) is 0 Å². The van der Waals surface area contributed by atoms with Gasteiger partial charge >= 0.3 is 6.03 Å². The minimum Gasteiger partial charge on any atom is -0.339 e. The number of urea groups is 1. The minimum atomic E-state index is 0.0124. The molecule has 1 N–H and O–H groups in total. The number of rotatable bonds is 7. The maximum atomic E-state index is 12.7. The molecule has 1 saturated heterocycles. The van der Waals surface area contributed by atoms with Gasteiger partial charge in [0.05, 0.1) is 5.92 Å². The van der Waals surface area contributed by atoms with Gasteiger partial charge in [-0.2, -0.15) is 10.1 Å². The SMILES string of the molecule is CC(C)Cc1noc([C@@H]2CCCN(C(=O)NCC3(Cn4cccn4)CC3)C2)n1. The molecule has 1 aliphatic heterocycles. The summed E-state index contributed by atoms with van der Waals surface area (Å²) in [6.45, 7) is 7.27. The van der Waals surface area contributed by atoms with E-state index in [1.54, 1.807) is 6.20 Å². The highest BCUT2D eigenvalue weighted by molar-refractivity contribution is 5.74. The van der Waals surface area contributed by atoms with E-state index in [9.17, 15) is 4.79 Å². The summed E-state index contributed by atoms with van der Waals surface area (Å²) in [5.74, 6) is 2.06. The maximum absolute atomic E-state index is 12.7. The van der Waals surface area contributed by atoms with Crippen LogP contribution < -0.4 is 5.32 Å². The quantitative estimate of drug-likeness (QED) is 0.790. The van der Waals surface area contributed by atoms with Crippen molar-refractivity contribution in [1.82, 2.24) is 30.1 Å². The smallest absolute Gasteiger partial charge is 0.317 e. The Bertz CT molecular complexity index is 780. The molecule has 4 rings (SSSR count). The topological polar surface area (TPSA) is 89.1 Å². The summed E-state index contributed by atoms with van der Waals surface area (Å²) in [6.07, 6.45) is 8.81. The second-order valence-corrected chi connectivity index (χ2v) is 8.79. The van der Waals surface area contributed by atoms with Gasteiger partial charge in [-0.05, 0) is 37.7 Å². The molecule has 0 aromatic carbocycles. The molecule has 2 aromatic rings. The van der Waals surface area contributed by atoms with Gasteiger partial charge in [0, 0.05) is 50.4 Å². The van der Waals surface area contributed by atoms with Gasteiger partial charge in [0.1, 0.15) is 0 Å². The van der Waals surface area contributed by atoms with Crippen LogP contribution in [0.25, 0.3) is 0 Å². The Morgan fingerprint density at radius 2 is 2.29 bits per heavy atom. The highest BCUT2D eigenvalue weighted by atomic mass is 16.5. The molecule has 2 aliphatic rings. The first kappa shape index (κ1) is 19.0. The summed E-state index contributed by atoms with van der Waals surface area (Å²) in [7, 11) is 0. The molecule has 1 saturated carbocycles. The van der Waals surface area contributed by atoms with Crippen LogP contribution in [0.15, 0.2) is 23.0 Å². The zero-order valence-corrected chi connectivity index (χ0v) is 16.8. The third kappa shape index (κ3) is 4.54. The predicted molar refractivity (Wildman–Crippen MR) is 104 cm³/mol. The number of likely N-dealkylation sites (tertiary alicyclic amines) is 1. The Kier molecular flexibility index (Phi) is 5.37. The second kappa shape index (κ2) is 7.93. The Labute approximate surface area is 165 Å². The molecule has 0 bridgehead atoms. The van der Waals surface area contributed by atoms with Gasteiger partial charge < -0.3 is 14.7 Å². The molecular weight excluding hydrogens is 356 g/mol. The number of hydrogen-bond acceptors (Lipinski definition) is 5. The van der Waals surface area contributed by atoms with Crippen molar-refractivity contribution in [2.45, 2.75) is 58.4 Å². The number of nitrogens with one attached hydrogen (secondary N) is 1. The van der Waals surface area contributed by atoms with Crippen molar-refractivity contribution in [2.75, 3.05) is 19.6 Å². The lowest BCUT2D eigenvalue weighted by Crippen LogP contribution is -2.46. The molecule has 0 radical (unpaired) electrons. The molecule has 2 amide bonds. The Hall–Kier alpha value is -2.38. The van der Waals surface area contributed by atoms with Gasteiger partial charge in [0.25, 0.3) is 0 Å². The monoisotopic (exact) mass is 386 g/mol. The van der Waals surface area contributed by atoms with E-state index in [0.29, 0.717) is 24.9 Å². The number of piperidine rings is 1. The largest absolute Gasteiger partial charge is 0.339 e. The summed E-state index contributed by atoms with van der Waals surface area (Å²) in [4.78, 5) is 19.2. The molecule has 3 heterocycles. The molecule has 28 heavy (non-hydrogen) atoms.